The number of rotatable bonds is 4. The molecule has 3 aromatic heterocycles. The number of nitrogens with one attached hydrogen (secondary N) is 2. The second kappa shape index (κ2) is 10.0. The van der Waals surface area contributed by atoms with Crippen LogP contribution in [0.1, 0.15) is 23.9 Å². The highest BCUT2D eigenvalue weighted by Gasteiger charge is 2.18. The highest BCUT2D eigenvalue weighted by molar-refractivity contribution is 6.34. The quantitative estimate of drug-likeness (QED) is 0.330. The Bertz CT molecular complexity index is 1730. The molecule has 0 bridgehead atoms. The fourth-order valence-electron chi connectivity index (χ4n) is 4.23. The van der Waals surface area contributed by atoms with Gasteiger partial charge in [0.15, 0.2) is 0 Å². The van der Waals surface area contributed by atoms with Crippen LogP contribution in [0.5, 0.6) is 0 Å². The molecule has 1 unspecified atom stereocenters. The first-order valence-electron chi connectivity index (χ1n) is 11.8. The van der Waals surface area contributed by atoms with Gasteiger partial charge in [0.1, 0.15) is 11.5 Å². The molecule has 184 valence electrons. The third kappa shape index (κ3) is 4.77. The van der Waals surface area contributed by atoms with E-state index in [2.05, 4.69) is 37.5 Å². The first-order valence-corrected chi connectivity index (χ1v) is 12.2. The van der Waals surface area contributed by atoms with Crippen LogP contribution in [0.3, 0.4) is 0 Å². The van der Waals surface area contributed by atoms with Gasteiger partial charge in [-0.15, -0.1) is 0 Å². The van der Waals surface area contributed by atoms with E-state index in [4.69, 9.17) is 11.6 Å². The fraction of sp³-hybridized carbons (Fsp3) is 0.172. The lowest BCUT2D eigenvalue weighted by Crippen LogP contribution is -2.35. The molecular formula is C29H25ClN6O. The molecule has 0 saturated carbocycles. The third-order valence-electron chi connectivity index (χ3n) is 6.38. The van der Waals surface area contributed by atoms with Crippen LogP contribution in [0.4, 0.5) is 5.82 Å². The summed E-state index contributed by atoms with van der Waals surface area (Å²) < 4.78 is 1.81. The van der Waals surface area contributed by atoms with Gasteiger partial charge in [0.25, 0.3) is 0 Å². The number of likely N-dealkylation sites (N-methyl/N-ethyl adjacent to an activating group) is 1. The SMILES string of the molecule is CNC(C)C(=O)Nc1cc(-c2cccc3cnn(C)c23)c(Cl)c(C#Cc2ccc3c(C)nccc3c2)n1. The number of benzene rings is 2. The maximum absolute atomic E-state index is 12.6. The van der Waals surface area contributed by atoms with Crippen molar-refractivity contribution < 1.29 is 4.79 Å². The number of hydrogen-bond acceptors (Lipinski definition) is 5. The molecule has 3 heterocycles. The van der Waals surface area contributed by atoms with Gasteiger partial charge in [0.2, 0.25) is 5.91 Å². The van der Waals surface area contributed by atoms with Gasteiger partial charge in [-0.2, -0.15) is 5.10 Å². The Morgan fingerprint density at radius 2 is 1.92 bits per heavy atom. The monoisotopic (exact) mass is 508 g/mol. The van der Waals surface area contributed by atoms with E-state index in [9.17, 15) is 4.79 Å². The van der Waals surface area contributed by atoms with Crippen molar-refractivity contribution in [1.29, 1.82) is 0 Å². The Morgan fingerprint density at radius 3 is 2.73 bits per heavy atom. The second-order valence-electron chi connectivity index (χ2n) is 8.81. The van der Waals surface area contributed by atoms with Crippen LogP contribution in [0.2, 0.25) is 5.02 Å². The number of aryl methyl sites for hydroxylation is 2. The smallest absolute Gasteiger partial charge is 0.242 e. The number of amides is 1. The molecule has 2 N–H and O–H groups in total. The first-order chi connectivity index (χ1) is 17.9. The average molecular weight is 509 g/mol. The molecule has 8 heteroatoms. The molecular weight excluding hydrogens is 484 g/mol. The predicted octanol–water partition coefficient (Wildman–Crippen LogP) is 5.09. The van der Waals surface area contributed by atoms with Gasteiger partial charge < -0.3 is 10.6 Å². The third-order valence-corrected chi connectivity index (χ3v) is 6.76. The van der Waals surface area contributed by atoms with Crippen molar-refractivity contribution in [2.24, 2.45) is 7.05 Å². The number of fused-ring (bicyclic) bond motifs is 2. The van der Waals surface area contributed by atoms with E-state index < -0.39 is 6.04 Å². The molecule has 5 aromatic rings. The Balaban J connectivity index is 1.65. The van der Waals surface area contributed by atoms with Gasteiger partial charge in [-0.3, -0.25) is 14.5 Å². The number of carbonyl (C=O) groups is 1. The Hall–Kier alpha value is -4.25. The number of carbonyl (C=O) groups excluding carboxylic acids is 1. The maximum Gasteiger partial charge on any atom is 0.242 e. The van der Waals surface area contributed by atoms with E-state index >= 15 is 0 Å². The lowest BCUT2D eigenvalue weighted by atomic mass is 10.0. The van der Waals surface area contributed by atoms with Crippen LogP contribution in [0, 0.1) is 18.8 Å². The number of hydrogen-bond donors (Lipinski definition) is 2. The van der Waals surface area contributed by atoms with E-state index in [1.54, 1.807) is 30.9 Å². The molecule has 0 saturated heterocycles. The van der Waals surface area contributed by atoms with Crippen molar-refractivity contribution in [3.05, 3.63) is 82.9 Å². The molecule has 5 rings (SSSR count). The second-order valence-corrected chi connectivity index (χ2v) is 9.19. The lowest BCUT2D eigenvalue weighted by Gasteiger charge is -2.14. The molecule has 0 aliphatic carbocycles. The van der Waals surface area contributed by atoms with Crippen molar-refractivity contribution in [2.45, 2.75) is 19.9 Å². The summed E-state index contributed by atoms with van der Waals surface area (Å²) in [7, 11) is 3.61. The van der Waals surface area contributed by atoms with E-state index in [1.165, 1.54) is 0 Å². The summed E-state index contributed by atoms with van der Waals surface area (Å²) in [5.41, 5.74) is 4.67. The molecule has 0 fully saturated rings. The molecule has 2 aromatic carbocycles. The molecule has 0 aliphatic heterocycles. The number of nitrogens with zero attached hydrogens (tertiary/aromatic N) is 4. The molecule has 7 nitrogen and oxygen atoms in total. The lowest BCUT2D eigenvalue weighted by molar-refractivity contribution is -0.117. The topological polar surface area (TPSA) is 84.7 Å². The highest BCUT2D eigenvalue weighted by Crippen LogP contribution is 2.36. The molecule has 0 spiro atoms. The molecule has 0 radical (unpaired) electrons. The number of halogens is 1. The van der Waals surface area contributed by atoms with Gasteiger partial charge in [-0.05, 0) is 56.5 Å². The Kier molecular flexibility index (Phi) is 6.62. The zero-order valence-corrected chi connectivity index (χ0v) is 21.7. The van der Waals surface area contributed by atoms with Crippen molar-refractivity contribution in [3.8, 4) is 23.0 Å². The van der Waals surface area contributed by atoms with Crippen LogP contribution < -0.4 is 10.6 Å². The minimum Gasteiger partial charge on any atom is -0.309 e. The molecule has 1 amide bonds. The van der Waals surface area contributed by atoms with Crippen LogP contribution in [0.25, 0.3) is 32.8 Å². The van der Waals surface area contributed by atoms with Crippen LogP contribution >= 0.6 is 11.6 Å². The largest absolute Gasteiger partial charge is 0.309 e. The van der Waals surface area contributed by atoms with Gasteiger partial charge in [-0.25, -0.2) is 4.98 Å². The zero-order chi connectivity index (χ0) is 26.1. The van der Waals surface area contributed by atoms with E-state index in [-0.39, 0.29) is 5.91 Å². The van der Waals surface area contributed by atoms with Crippen LogP contribution in [0.15, 0.2) is 60.9 Å². The summed E-state index contributed by atoms with van der Waals surface area (Å²) in [6, 6.07) is 15.3. The van der Waals surface area contributed by atoms with Gasteiger partial charge in [0, 0.05) is 46.4 Å². The van der Waals surface area contributed by atoms with Gasteiger partial charge in [-0.1, -0.05) is 41.8 Å². The number of anilines is 1. The zero-order valence-electron chi connectivity index (χ0n) is 20.9. The number of aromatic nitrogens is 4. The van der Waals surface area contributed by atoms with E-state index in [1.807, 2.05) is 62.6 Å². The van der Waals surface area contributed by atoms with E-state index in [0.717, 1.165) is 38.5 Å². The minimum absolute atomic E-state index is 0.209. The average Bonchev–Trinajstić information content (AvgIpc) is 3.29. The van der Waals surface area contributed by atoms with E-state index in [0.29, 0.717) is 22.1 Å². The van der Waals surface area contributed by atoms with Crippen molar-refractivity contribution >= 4 is 45.0 Å². The summed E-state index contributed by atoms with van der Waals surface area (Å²) in [5.74, 6) is 6.49. The van der Waals surface area contributed by atoms with Crippen LogP contribution in [-0.2, 0) is 11.8 Å². The standard InChI is InChI=1S/C29H25ClN6O/c1-17-22-10-8-19(14-20(22)12-13-32-17)9-11-25-27(30)24(15-26(34-25)35-29(37)18(2)31-3)23-7-5-6-21-16-33-36(4)28(21)23/h5-8,10,12-16,18,31H,1-4H3,(H,34,35,37). The minimum atomic E-state index is -0.397. The Labute approximate surface area is 219 Å². The van der Waals surface area contributed by atoms with Crippen molar-refractivity contribution in [3.63, 3.8) is 0 Å². The number of para-hydroxylation sites is 1. The van der Waals surface area contributed by atoms with Crippen molar-refractivity contribution in [2.75, 3.05) is 12.4 Å². The van der Waals surface area contributed by atoms with Gasteiger partial charge in [0.05, 0.1) is 22.8 Å². The summed E-state index contributed by atoms with van der Waals surface area (Å²) in [6.45, 7) is 3.76. The summed E-state index contributed by atoms with van der Waals surface area (Å²) in [4.78, 5) is 21.6. The summed E-state index contributed by atoms with van der Waals surface area (Å²) in [5, 5.41) is 13.7. The molecule has 0 aliphatic rings. The van der Waals surface area contributed by atoms with Gasteiger partial charge >= 0.3 is 0 Å². The fourth-order valence-corrected chi connectivity index (χ4v) is 4.47. The van der Waals surface area contributed by atoms with Crippen molar-refractivity contribution in [1.82, 2.24) is 25.1 Å². The molecule has 37 heavy (non-hydrogen) atoms. The number of pyridine rings is 2. The highest BCUT2D eigenvalue weighted by atomic mass is 35.5. The normalized spacial score (nSPS) is 11.8. The first kappa shape index (κ1) is 24.4. The summed E-state index contributed by atoms with van der Waals surface area (Å²) >= 11 is 6.92. The van der Waals surface area contributed by atoms with Crippen LogP contribution in [-0.4, -0.2) is 38.7 Å². The Morgan fingerprint density at radius 1 is 1.08 bits per heavy atom. The summed E-state index contributed by atoms with van der Waals surface area (Å²) in [6.07, 6.45) is 3.60. The maximum atomic E-state index is 12.6. The predicted molar refractivity (Wildman–Crippen MR) is 149 cm³/mol. The molecule has 1 atom stereocenters.